The van der Waals surface area contributed by atoms with E-state index in [1.54, 1.807) is 0 Å². The average molecular weight is 222 g/mol. The Balaban J connectivity index is 2.17. The van der Waals surface area contributed by atoms with Crippen LogP contribution in [0.4, 0.5) is 0 Å². The maximum absolute atomic E-state index is 5.94. The average Bonchev–Trinajstić information content (AvgIpc) is 2.77. The van der Waals surface area contributed by atoms with Gasteiger partial charge in [-0.05, 0) is 19.8 Å². The van der Waals surface area contributed by atoms with Crippen molar-refractivity contribution in [1.82, 2.24) is 14.8 Å². The molecule has 2 rings (SSSR count). The first kappa shape index (κ1) is 11.6. The molecule has 0 aliphatic heterocycles. The standard InChI is InChI=1S/C12H22N4/c1-9(10(2)13)12-15-14-8-16(12)11-6-4-3-5-7-11/h8-11H,3-7,13H2,1-2H3. The molecule has 1 aromatic heterocycles. The molecule has 0 amide bonds. The predicted octanol–water partition coefficient (Wildman–Crippen LogP) is 2.23. The van der Waals surface area contributed by atoms with E-state index in [-0.39, 0.29) is 12.0 Å². The van der Waals surface area contributed by atoms with Crippen LogP contribution in [0, 0.1) is 0 Å². The van der Waals surface area contributed by atoms with E-state index in [0.29, 0.717) is 6.04 Å². The van der Waals surface area contributed by atoms with Crippen LogP contribution in [0.25, 0.3) is 0 Å². The van der Waals surface area contributed by atoms with E-state index in [9.17, 15) is 0 Å². The summed E-state index contributed by atoms with van der Waals surface area (Å²) < 4.78 is 2.26. The van der Waals surface area contributed by atoms with Gasteiger partial charge >= 0.3 is 0 Å². The van der Waals surface area contributed by atoms with Crippen LogP contribution in [-0.2, 0) is 0 Å². The Morgan fingerprint density at radius 1 is 1.31 bits per heavy atom. The molecular weight excluding hydrogens is 200 g/mol. The number of nitrogens with two attached hydrogens (primary N) is 1. The second-order valence-electron chi connectivity index (χ2n) is 5.04. The first-order valence-corrected chi connectivity index (χ1v) is 6.35. The Morgan fingerprint density at radius 2 is 2.00 bits per heavy atom. The molecule has 1 aliphatic carbocycles. The normalized spacial score (nSPS) is 21.9. The molecule has 1 aromatic rings. The molecule has 0 radical (unpaired) electrons. The summed E-state index contributed by atoms with van der Waals surface area (Å²) in [6, 6.07) is 0.728. The molecule has 1 aliphatic rings. The number of rotatable bonds is 3. The summed E-state index contributed by atoms with van der Waals surface area (Å²) in [4.78, 5) is 0. The van der Waals surface area contributed by atoms with Gasteiger partial charge < -0.3 is 10.3 Å². The smallest absolute Gasteiger partial charge is 0.137 e. The van der Waals surface area contributed by atoms with Gasteiger partial charge in [0.2, 0.25) is 0 Å². The fourth-order valence-electron chi connectivity index (χ4n) is 2.45. The SMILES string of the molecule is CC(N)C(C)c1nncn1C1CCCCC1. The molecule has 16 heavy (non-hydrogen) atoms. The van der Waals surface area contributed by atoms with Crippen molar-refractivity contribution in [3.63, 3.8) is 0 Å². The van der Waals surface area contributed by atoms with Crippen LogP contribution >= 0.6 is 0 Å². The summed E-state index contributed by atoms with van der Waals surface area (Å²) in [5, 5.41) is 8.30. The molecule has 0 spiro atoms. The highest BCUT2D eigenvalue weighted by atomic mass is 15.3. The van der Waals surface area contributed by atoms with Crippen molar-refractivity contribution in [2.75, 3.05) is 0 Å². The molecule has 2 unspecified atom stereocenters. The van der Waals surface area contributed by atoms with Crippen molar-refractivity contribution in [2.24, 2.45) is 5.73 Å². The van der Waals surface area contributed by atoms with E-state index in [4.69, 9.17) is 5.73 Å². The maximum atomic E-state index is 5.94. The van der Waals surface area contributed by atoms with Crippen molar-refractivity contribution < 1.29 is 0 Å². The highest BCUT2D eigenvalue weighted by molar-refractivity contribution is 5.00. The number of hydrogen-bond donors (Lipinski definition) is 1. The zero-order valence-electron chi connectivity index (χ0n) is 10.3. The number of hydrogen-bond acceptors (Lipinski definition) is 3. The topological polar surface area (TPSA) is 56.7 Å². The van der Waals surface area contributed by atoms with Gasteiger partial charge in [-0.2, -0.15) is 0 Å². The first-order valence-electron chi connectivity index (χ1n) is 6.35. The third-order valence-corrected chi connectivity index (χ3v) is 3.76. The lowest BCUT2D eigenvalue weighted by molar-refractivity contribution is 0.338. The quantitative estimate of drug-likeness (QED) is 0.853. The van der Waals surface area contributed by atoms with Crippen molar-refractivity contribution in [1.29, 1.82) is 0 Å². The van der Waals surface area contributed by atoms with Gasteiger partial charge in [0.25, 0.3) is 0 Å². The van der Waals surface area contributed by atoms with Crippen LogP contribution in [0.5, 0.6) is 0 Å². The lowest BCUT2D eigenvalue weighted by atomic mass is 9.94. The Morgan fingerprint density at radius 3 is 2.62 bits per heavy atom. The van der Waals surface area contributed by atoms with E-state index in [1.165, 1.54) is 32.1 Å². The van der Waals surface area contributed by atoms with Gasteiger partial charge in [-0.15, -0.1) is 10.2 Å². The molecular formula is C12H22N4. The van der Waals surface area contributed by atoms with Crippen molar-refractivity contribution in [2.45, 2.75) is 64.0 Å². The summed E-state index contributed by atoms with van der Waals surface area (Å²) in [6.07, 6.45) is 8.43. The minimum Gasteiger partial charge on any atom is -0.327 e. The summed E-state index contributed by atoms with van der Waals surface area (Å²) in [7, 11) is 0. The van der Waals surface area contributed by atoms with Crippen LogP contribution in [0.1, 0.15) is 63.7 Å². The predicted molar refractivity (Wildman–Crippen MR) is 64.2 cm³/mol. The van der Waals surface area contributed by atoms with Gasteiger partial charge in [-0.1, -0.05) is 26.2 Å². The Hall–Kier alpha value is -0.900. The summed E-state index contributed by atoms with van der Waals surface area (Å²) in [5.41, 5.74) is 5.94. The zero-order chi connectivity index (χ0) is 11.5. The summed E-state index contributed by atoms with van der Waals surface area (Å²) >= 11 is 0. The lowest BCUT2D eigenvalue weighted by Crippen LogP contribution is -2.26. The van der Waals surface area contributed by atoms with Gasteiger partial charge in [-0.3, -0.25) is 0 Å². The minimum atomic E-state index is 0.131. The van der Waals surface area contributed by atoms with Crippen molar-refractivity contribution in [3.8, 4) is 0 Å². The fraction of sp³-hybridized carbons (Fsp3) is 0.833. The molecule has 0 bridgehead atoms. The number of nitrogens with zero attached hydrogens (tertiary/aromatic N) is 3. The molecule has 4 heteroatoms. The Labute approximate surface area is 97.2 Å². The van der Waals surface area contributed by atoms with Crippen molar-refractivity contribution >= 4 is 0 Å². The van der Waals surface area contributed by atoms with Gasteiger partial charge in [0.05, 0.1) is 0 Å². The van der Waals surface area contributed by atoms with E-state index < -0.39 is 0 Å². The third-order valence-electron chi connectivity index (χ3n) is 3.76. The fourth-order valence-corrected chi connectivity index (χ4v) is 2.45. The maximum Gasteiger partial charge on any atom is 0.137 e. The van der Waals surface area contributed by atoms with Crippen LogP contribution in [0.3, 0.4) is 0 Å². The Kier molecular flexibility index (Phi) is 3.59. The first-order chi connectivity index (χ1) is 7.70. The largest absolute Gasteiger partial charge is 0.327 e. The molecule has 0 aromatic carbocycles. The summed E-state index contributed by atoms with van der Waals surface area (Å²) in [6.45, 7) is 4.17. The minimum absolute atomic E-state index is 0.131. The van der Waals surface area contributed by atoms with Crippen LogP contribution in [-0.4, -0.2) is 20.8 Å². The molecule has 2 N–H and O–H groups in total. The van der Waals surface area contributed by atoms with Crippen LogP contribution in [0.15, 0.2) is 6.33 Å². The molecule has 1 heterocycles. The molecule has 0 saturated heterocycles. The van der Waals surface area contributed by atoms with E-state index in [2.05, 4.69) is 21.7 Å². The van der Waals surface area contributed by atoms with Gasteiger partial charge in [0.1, 0.15) is 12.2 Å². The lowest BCUT2D eigenvalue weighted by Gasteiger charge is -2.26. The zero-order valence-corrected chi connectivity index (χ0v) is 10.3. The third kappa shape index (κ3) is 2.26. The second-order valence-corrected chi connectivity index (χ2v) is 5.04. The molecule has 1 saturated carbocycles. The van der Waals surface area contributed by atoms with Crippen molar-refractivity contribution in [3.05, 3.63) is 12.2 Å². The van der Waals surface area contributed by atoms with Gasteiger partial charge in [0.15, 0.2) is 0 Å². The second kappa shape index (κ2) is 4.95. The highest BCUT2D eigenvalue weighted by Gasteiger charge is 2.22. The van der Waals surface area contributed by atoms with E-state index in [1.807, 2.05) is 13.3 Å². The molecule has 90 valence electrons. The molecule has 2 atom stereocenters. The van der Waals surface area contributed by atoms with Gasteiger partial charge in [0, 0.05) is 18.0 Å². The molecule has 4 nitrogen and oxygen atoms in total. The summed E-state index contributed by atoms with van der Waals surface area (Å²) in [5.74, 6) is 1.34. The van der Waals surface area contributed by atoms with Crippen LogP contribution in [0.2, 0.25) is 0 Å². The monoisotopic (exact) mass is 222 g/mol. The number of aromatic nitrogens is 3. The van der Waals surface area contributed by atoms with E-state index >= 15 is 0 Å². The van der Waals surface area contributed by atoms with Crippen LogP contribution < -0.4 is 5.73 Å². The van der Waals surface area contributed by atoms with E-state index in [0.717, 1.165) is 5.82 Å². The highest BCUT2D eigenvalue weighted by Crippen LogP contribution is 2.30. The van der Waals surface area contributed by atoms with Gasteiger partial charge in [-0.25, -0.2) is 0 Å². The Bertz CT molecular complexity index is 326. The molecule has 1 fully saturated rings.